The van der Waals surface area contributed by atoms with Crippen LogP contribution in [0.25, 0.3) is 0 Å². The molecule has 1 fully saturated rings. The monoisotopic (exact) mass is 386 g/mol. The van der Waals surface area contributed by atoms with Gasteiger partial charge in [-0.2, -0.15) is 0 Å². The van der Waals surface area contributed by atoms with Crippen molar-refractivity contribution in [2.24, 2.45) is 0 Å². The van der Waals surface area contributed by atoms with E-state index in [1.807, 2.05) is 0 Å². The topological polar surface area (TPSA) is 67.9 Å². The molecule has 2 atom stereocenters. The zero-order valence-corrected chi connectivity index (χ0v) is 16.1. The maximum atomic E-state index is 14.0. The summed E-state index contributed by atoms with van der Waals surface area (Å²) in [6, 6.07) is 3.74. The van der Waals surface area contributed by atoms with E-state index < -0.39 is 35.6 Å². The van der Waals surface area contributed by atoms with E-state index in [1.165, 1.54) is 24.1 Å². The summed E-state index contributed by atoms with van der Waals surface area (Å²) < 4.78 is 24.7. The molecular weight excluding hydrogens is 363 g/mol. The Morgan fingerprint density at radius 2 is 2.08 bits per heavy atom. The molecule has 1 saturated heterocycles. The lowest BCUT2D eigenvalue weighted by Crippen LogP contribution is -2.51. The summed E-state index contributed by atoms with van der Waals surface area (Å²) >= 11 is 5.75. The fourth-order valence-electron chi connectivity index (χ4n) is 2.82. The van der Waals surface area contributed by atoms with Crippen LogP contribution in [-0.4, -0.2) is 48.3 Å². The first-order chi connectivity index (χ1) is 12.1. The number of methoxy groups -OCH3 is 1. The number of hydrogen-bond donors (Lipinski definition) is 1. The highest BCUT2D eigenvalue weighted by atomic mass is 35.5. The van der Waals surface area contributed by atoms with E-state index in [4.69, 9.17) is 21.1 Å². The molecule has 1 aliphatic heterocycles. The van der Waals surface area contributed by atoms with Gasteiger partial charge in [-0.05, 0) is 33.3 Å². The Balaban J connectivity index is 2.09. The first-order valence-corrected chi connectivity index (χ1v) is 8.75. The summed E-state index contributed by atoms with van der Waals surface area (Å²) in [5, 5.41) is 2.64. The predicted octanol–water partition coefficient (Wildman–Crippen LogP) is 3.12. The van der Waals surface area contributed by atoms with Crippen LogP contribution >= 0.6 is 11.6 Å². The van der Waals surface area contributed by atoms with Crippen molar-refractivity contribution in [2.45, 2.75) is 51.5 Å². The van der Waals surface area contributed by atoms with Gasteiger partial charge in [0.1, 0.15) is 17.5 Å². The maximum Gasteiger partial charge on any atom is 0.411 e. The van der Waals surface area contributed by atoms with Gasteiger partial charge in [0, 0.05) is 25.8 Å². The average molecular weight is 387 g/mol. The number of ether oxygens (including phenoxy) is 2. The highest BCUT2D eigenvalue weighted by molar-refractivity contribution is 6.30. The zero-order valence-electron chi connectivity index (χ0n) is 15.3. The molecule has 0 aliphatic carbocycles. The molecule has 2 amide bonds. The highest BCUT2D eigenvalue weighted by Crippen LogP contribution is 2.24. The number of hydrogen-bond acceptors (Lipinski definition) is 4. The quantitative estimate of drug-likeness (QED) is 0.863. The zero-order chi connectivity index (χ0) is 19.5. The van der Waals surface area contributed by atoms with Crippen molar-refractivity contribution in [2.75, 3.05) is 13.7 Å². The van der Waals surface area contributed by atoms with Gasteiger partial charge in [0.25, 0.3) is 0 Å². The fourth-order valence-corrected chi connectivity index (χ4v) is 3.01. The first kappa shape index (κ1) is 20.5. The van der Waals surface area contributed by atoms with Gasteiger partial charge in [0.2, 0.25) is 5.91 Å². The van der Waals surface area contributed by atoms with Crippen molar-refractivity contribution in [3.63, 3.8) is 0 Å². The third-order valence-electron chi connectivity index (χ3n) is 4.03. The second-order valence-corrected chi connectivity index (χ2v) is 7.52. The number of carbonyl (C=O) groups excluding carboxylic acids is 2. The van der Waals surface area contributed by atoms with Gasteiger partial charge in [0.05, 0.1) is 11.1 Å². The van der Waals surface area contributed by atoms with Gasteiger partial charge in [-0.15, -0.1) is 0 Å². The van der Waals surface area contributed by atoms with Gasteiger partial charge in [-0.1, -0.05) is 23.7 Å². The van der Waals surface area contributed by atoms with Crippen molar-refractivity contribution in [1.29, 1.82) is 0 Å². The summed E-state index contributed by atoms with van der Waals surface area (Å²) in [6.45, 7) is 5.57. The lowest BCUT2D eigenvalue weighted by atomic mass is 10.1. The Labute approximate surface area is 157 Å². The second kappa shape index (κ2) is 8.22. The molecule has 1 heterocycles. The molecule has 26 heavy (non-hydrogen) atoms. The molecule has 0 aromatic heterocycles. The summed E-state index contributed by atoms with van der Waals surface area (Å²) in [4.78, 5) is 26.4. The Bertz CT molecular complexity index is 678. The molecule has 0 radical (unpaired) electrons. The second-order valence-electron chi connectivity index (χ2n) is 7.11. The molecule has 0 spiro atoms. The molecule has 6 nitrogen and oxygen atoms in total. The largest absolute Gasteiger partial charge is 0.444 e. The van der Waals surface area contributed by atoms with Crippen molar-refractivity contribution >= 4 is 23.6 Å². The number of carbonyl (C=O) groups is 2. The molecular formula is C18H24ClFN2O4. The molecule has 0 unspecified atom stereocenters. The number of halogens is 2. The summed E-state index contributed by atoms with van der Waals surface area (Å²) in [6.07, 6.45) is -0.517. The Hall–Kier alpha value is -1.86. The Kier molecular flexibility index (Phi) is 6.47. The van der Waals surface area contributed by atoms with E-state index in [2.05, 4.69) is 5.32 Å². The lowest BCUT2D eigenvalue weighted by molar-refractivity contribution is -0.128. The van der Waals surface area contributed by atoms with Crippen LogP contribution < -0.4 is 5.32 Å². The summed E-state index contributed by atoms with van der Waals surface area (Å²) in [5.74, 6) is -1.01. The van der Waals surface area contributed by atoms with Gasteiger partial charge < -0.3 is 14.8 Å². The third-order valence-corrected chi connectivity index (χ3v) is 4.32. The first-order valence-electron chi connectivity index (χ1n) is 8.37. The molecule has 144 valence electrons. The molecule has 0 saturated carbocycles. The highest BCUT2D eigenvalue weighted by Gasteiger charge is 2.43. The van der Waals surface area contributed by atoms with E-state index >= 15 is 0 Å². The smallest absolute Gasteiger partial charge is 0.411 e. The molecule has 1 aromatic carbocycles. The average Bonchev–Trinajstić information content (AvgIpc) is 2.98. The van der Waals surface area contributed by atoms with Crippen molar-refractivity contribution in [3.05, 3.63) is 34.6 Å². The van der Waals surface area contributed by atoms with Gasteiger partial charge in [-0.25, -0.2) is 9.18 Å². The summed E-state index contributed by atoms with van der Waals surface area (Å²) in [5.41, 5.74) is -0.408. The minimum atomic E-state index is -0.836. The standard InChI is InChI=1S/C18H24ClFN2O4/c1-18(2,3)26-17(24)22-9-8-13(25-4)15(22)16(23)21-10-11-6-5-7-12(19)14(11)20/h5-7,13,15H,8-10H2,1-4H3,(H,21,23)/t13-,15+/m1/s1. The van der Waals surface area contributed by atoms with Crippen LogP contribution in [0.2, 0.25) is 5.02 Å². The Morgan fingerprint density at radius 3 is 2.69 bits per heavy atom. The normalized spacial score (nSPS) is 20.2. The van der Waals surface area contributed by atoms with E-state index in [0.29, 0.717) is 13.0 Å². The van der Waals surface area contributed by atoms with Crippen molar-refractivity contribution in [1.82, 2.24) is 10.2 Å². The van der Waals surface area contributed by atoms with Crippen LogP contribution in [-0.2, 0) is 20.8 Å². The molecule has 1 aliphatic rings. The van der Waals surface area contributed by atoms with Crippen LogP contribution in [0.4, 0.5) is 9.18 Å². The maximum absolute atomic E-state index is 14.0. The van der Waals surface area contributed by atoms with Crippen LogP contribution in [0.5, 0.6) is 0 Å². The van der Waals surface area contributed by atoms with Crippen molar-refractivity contribution < 1.29 is 23.5 Å². The molecule has 2 rings (SSSR count). The number of nitrogens with zero attached hydrogens (tertiary/aromatic N) is 1. The third kappa shape index (κ3) is 4.86. The van der Waals surface area contributed by atoms with Gasteiger partial charge in [0.15, 0.2) is 0 Å². The molecule has 1 N–H and O–H groups in total. The minimum absolute atomic E-state index is 0.0113. The summed E-state index contributed by atoms with van der Waals surface area (Å²) in [7, 11) is 1.49. The Morgan fingerprint density at radius 1 is 1.38 bits per heavy atom. The lowest BCUT2D eigenvalue weighted by Gasteiger charge is -2.29. The van der Waals surface area contributed by atoms with E-state index in [0.717, 1.165) is 0 Å². The van der Waals surface area contributed by atoms with Crippen molar-refractivity contribution in [3.8, 4) is 0 Å². The SMILES string of the molecule is CO[C@@H]1CCN(C(=O)OC(C)(C)C)[C@@H]1C(=O)NCc1cccc(Cl)c1F. The van der Waals surface area contributed by atoms with E-state index in [-0.39, 0.29) is 17.1 Å². The van der Waals surface area contributed by atoms with E-state index in [9.17, 15) is 14.0 Å². The number of amides is 2. The van der Waals surface area contributed by atoms with Crippen LogP contribution in [0.1, 0.15) is 32.8 Å². The minimum Gasteiger partial charge on any atom is -0.444 e. The molecule has 0 bridgehead atoms. The number of rotatable bonds is 4. The van der Waals surface area contributed by atoms with E-state index in [1.54, 1.807) is 26.8 Å². The molecule has 1 aromatic rings. The van der Waals surface area contributed by atoms with Crippen LogP contribution in [0.15, 0.2) is 18.2 Å². The van der Waals surface area contributed by atoms with Crippen LogP contribution in [0.3, 0.4) is 0 Å². The molecule has 8 heteroatoms. The number of nitrogens with one attached hydrogen (secondary N) is 1. The number of likely N-dealkylation sites (tertiary alicyclic amines) is 1. The van der Waals surface area contributed by atoms with Gasteiger partial charge in [-0.3, -0.25) is 9.69 Å². The van der Waals surface area contributed by atoms with Gasteiger partial charge >= 0.3 is 6.09 Å². The number of benzene rings is 1. The van der Waals surface area contributed by atoms with Crippen LogP contribution in [0, 0.1) is 5.82 Å². The fraction of sp³-hybridized carbons (Fsp3) is 0.556. The predicted molar refractivity (Wildman–Crippen MR) is 95.4 cm³/mol.